The van der Waals surface area contributed by atoms with Crippen molar-refractivity contribution < 1.29 is 14.4 Å². The van der Waals surface area contributed by atoms with E-state index in [0.29, 0.717) is 19.3 Å². The number of amides is 3. The number of piperidine rings is 1. The van der Waals surface area contributed by atoms with Crippen LogP contribution in [-0.2, 0) is 14.4 Å². The van der Waals surface area contributed by atoms with Crippen LogP contribution in [0.2, 0.25) is 0 Å². The summed E-state index contributed by atoms with van der Waals surface area (Å²) in [5.41, 5.74) is 1.62. The van der Waals surface area contributed by atoms with Gasteiger partial charge >= 0.3 is 0 Å². The summed E-state index contributed by atoms with van der Waals surface area (Å²) in [5, 5.41) is 2.33. The molecule has 2 rings (SSSR count). The Morgan fingerprint density at radius 2 is 2.14 bits per heavy atom. The van der Waals surface area contributed by atoms with Crippen LogP contribution in [0.5, 0.6) is 0 Å². The highest BCUT2D eigenvalue weighted by atomic mass is 79.9. The summed E-state index contributed by atoms with van der Waals surface area (Å²) in [6, 6.07) is 4.96. The van der Waals surface area contributed by atoms with E-state index in [1.54, 1.807) is 4.90 Å². The first-order chi connectivity index (χ1) is 10.4. The molecule has 0 radical (unpaired) electrons. The van der Waals surface area contributed by atoms with Crippen molar-refractivity contribution in [1.82, 2.24) is 5.32 Å². The summed E-state index contributed by atoms with van der Waals surface area (Å²) in [6.45, 7) is 3.83. The van der Waals surface area contributed by atoms with Crippen molar-refractivity contribution in [3.8, 4) is 0 Å². The van der Waals surface area contributed by atoms with Gasteiger partial charge in [0.05, 0.1) is 0 Å². The molecule has 0 bridgehead atoms. The van der Waals surface area contributed by atoms with Gasteiger partial charge in [0.2, 0.25) is 17.7 Å². The Kier molecular flexibility index (Phi) is 5.34. The third-order valence-electron chi connectivity index (χ3n) is 3.67. The summed E-state index contributed by atoms with van der Waals surface area (Å²) in [5.74, 6) is -0.776. The Morgan fingerprint density at radius 3 is 2.73 bits per heavy atom. The number of hydrogen-bond donors (Lipinski definition) is 1. The number of rotatable bonds is 4. The van der Waals surface area contributed by atoms with Gasteiger partial charge in [-0.1, -0.05) is 22.9 Å². The number of halogens is 1. The van der Waals surface area contributed by atoms with Crippen LogP contribution < -0.4 is 10.2 Å². The summed E-state index contributed by atoms with van der Waals surface area (Å²) in [7, 11) is 0. The molecule has 1 aliphatic heterocycles. The minimum Gasteiger partial charge on any atom is -0.300 e. The van der Waals surface area contributed by atoms with E-state index < -0.39 is 11.9 Å². The minimum absolute atomic E-state index is 0.0950. The van der Waals surface area contributed by atoms with Crippen LogP contribution in [0.25, 0.3) is 0 Å². The quantitative estimate of drug-likeness (QED) is 0.833. The van der Waals surface area contributed by atoms with E-state index in [1.165, 1.54) is 0 Å². The van der Waals surface area contributed by atoms with Gasteiger partial charge in [0.25, 0.3) is 0 Å². The fourth-order valence-corrected chi connectivity index (χ4v) is 3.10. The molecule has 0 spiro atoms. The maximum absolute atomic E-state index is 12.6. The number of hydrogen-bond acceptors (Lipinski definition) is 3. The Hall–Kier alpha value is -1.69. The second-order valence-corrected chi connectivity index (χ2v) is 6.33. The molecule has 1 aromatic carbocycles. The molecule has 118 valence electrons. The average molecular weight is 367 g/mol. The first kappa shape index (κ1) is 16.7. The van der Waals surface area contributed by atoms with Crippen molar-refractivity contribution in [1.29, 1.82) is 0 Å². The summed E-state index contributed by atoms with van der Waals surface area (Å²) < 4.78 is 0.917. The van der Waals surface area contributed by atoms with E-state index in [4.69, 9.17) is 0 Å². The van der Waals surface area contributed by atoms with Gasteiger partial charge in [-0.3, -0.25) is 24.6 Å². The van der Waals surface area contributed by atoms with Gasteiger partial charge in [-0.15, -0.1) is 0 Å². The van der Waals surface area contributed by atoms with Crippen molar-refractivity contribution >= 4 is 39.3 Å². The molecule has 22 heavy (non-hydrogen) atoms. The number of benzene rings is 1. The molecular weight excluding hydrogens is 348 g/mol. The van der Waals surface area contributed by atoms with Crippen LogP contribution in [0.4, 0.5) is 5.69 Å². The first-order valence-electron chi connectivity index (χ1n) is 7.36. The number of anilines is 1. The largest absolute Gasteiger partial charge is 0.300 e. The lowest BCUT2D eigenvalue weighted by atomic mass is 10.0. The molecule has 0 aliphatic carbocycles. The van der Waals surface area contributed by atoms with Crippen molar-refractivity contribution in [2.45, 2.75) is 45.6 Å². The molecule has 1 aliphatic rings. The Morgan fingerprint density at radius 1 is 1.41 bits per heavy atom. The molecule has 1 saturated heterocycles. The van der Waals surface area contributed by atoms with Gasteiger partial charge in [-0.2, -0.15) is 0 Å². The number of carbonyl (C=O) groups excluding carboxylic acids is 3. The number of aryl methyl sites for hydroxylation is 1. The standard InChI is InChI=1S/C16H19BrN2O3/c1-3-4-15(21)19(12-6-5-11(17)9-10(12)2)13-7-8-14(20)18-16(13)22/h5-6,9,13H,3-4,7-8H2,1-2H3,(H,18,20,22). The third-order valence-corrected chi connectivity index (χ3v) is 4.17. The third kappa shape index (κ3) is 3.55. The van der Waals surface area contributed by atoms with Crippen LogP contribution in [0.15, 0.2) is 22.7 Å². The smallest absolute Gasteiger partial charge is 0.249 e. The fourth-order valence-electron chi connectivity index (χ4n) is 2.63. The molecule has 1 aromatic rings. The Bertz CT molecular complexity index is 615. The van der Waals surface area contributed by atoms with Crippen molar-refractivity contribution in [2.24, 2.45) is 0 Å². The normalized spacial score (nSPS) is 18.0. The number of nitrogens with one attached hydrogen (secondary N) is 1. The predicted molar refractivity (Wildman–Crippen MR) is 87.4 cm³/mol. The Balaban J connectivity index is 2.40. The maximum Gasteiger partial charge on any atom is 0.249 e. The highest BCUT2D eigenvalue weighted by Crippen LogP contribution is 2.28. The maximum atomic E-state index is 12.6. The van der Waals surface area contributed by atoms with E-state index in [9.17, 15) is 14.4 Å². The van der Waals surface area contributed by atoms with Crippen molar-refractivity contribution in [3.05, 3.63) is 28.2 Å². The average Bonchev–Trinajstić information content (AvgIpc) is 2.44. The molecule has 1 heterocycles. The van der Waals surface area contributed by atoms with Gasteiger partial charge in [-0.25, -0.2) is 0 Å². The highest BCUT2D eigenvalue weighted by molar-refractivity contribution is 9.10. The van der Waals surface area contributed by atoms with E-state index in [2.05, 4.69) is 21.2 Å². The summed E-state index contributed by atoms with van der Waals surface area (Å²) in [4.78, 5) is 37.6. The SMILES string of the molecule is CCCC(=O)N(c1ccc(Br)cc1C)C1CCC(=O)NC1=O. The van der Waals surface area contributed by atoms with Crippen LogP contribution in [0.1, 0.15) is 38.2 Å². The molecule has 1 unspecified atom stereocenters. The molecule has 6 heteroatoms. The van der Waals surface area contributed by atoms with Gasteiger partial charge in [0.15, 0.2) is 0 Å². The zero-order valence-electron chi connectivity index (χ0n) is 12.7. The lowest BCUT2D eigenvalue weighted by Crippen LogP contribution is -2.54. The summed E-state index contributed by atoms with van der Waals surface area (Å²) >= 11 is 3.40. The molecule has 0 saturated carbocycles. The first-order valence-corrected chi connectivity index (χ1v) is 8.15. The Labute approximate surface area is 138 Å². The van der Waals surface area contributed by atoms with Crippen LogP contribution in [0.3, 0.4) is 0 Å². The van der Waals surface area contributed by atoms with E-state index in [-0.39, 0.29) is 18.2 Å². The fraction of sp³-hybridized carbons (Fsp3) is 0.438. The van der Waals surface area contributed by atoms with Crippen molar-refractivity contribution in [2.75, 3.05) is 4.90 Å². The second-order valence-electron chi connectivity index (χ2n) is 5.41. The molecular formula is C16H19BrN2O3. The lowest BCUT2D eigenvalue weighted by molar-refractivity contribution is -0.135. The van der Waals surface area contributed by atoms with E-state index in [1.807, 2.05) is 32.0 Å². The number of carbonyl (C=O) groups is 3. The molecule has 1 fully saturated rings. The van der Waals surface area contributed by atoms with E-state index in [0.717, 1.165) is 15.7 Å². The molecule has 1 atom stereocenters. The highest BCUT2D eigenvalue weighted by Gasteiger charge is 2.35. The number of imide groups is 1. The van der Waals surface area contributed by atoms with Gasteiger partial charge < -0.3 is 0 Å². The lowest BCUT2D eigenvalue weighted by Gasteiger charge is -2.34. The zero-order valence-corrected chi connectivity index (χ0v) is 14.3. The minimum atomic E-state index is -0.628. The van der Waals surface area contributed by atoms with Gasteiger partial charge in [0.1, 0.15) is 6.04 Å². The van der Waals surface area contributed by atoms with E-state index >= 15 is 0 Å². The number of nitrogens with zero attached hydrogens (tertiary/aromatic N) is 1. The second kappa shape index (κ2) is 7.05. The molecule has 0 aromatic heterocycles. The monoisotopic (exact) mass is 366 g/mol. The molecule has 5 nitrogen and oxygen atoms in total. The zero-order chi connectivity index (χ0) is 16.3. The molecule has 3 amide bonds. The summed E-state index contributed by atoms with van der Waals surface area (Å²) in [6.07, 6.45) is 1.68. The topological polar surface area (TPSA) is 66.5 Å². The van der Waals surface area contributed by atoms with Crippen LogP contribution >= 0.6 is 15.9 Å². The van der Waals surface area contributed by atoms with Gasteiger partial charge in [-0.05, 0) is 43.5 Å². The predicted octanol–water partition coefficient (Wildman–Crippen LogP) is 2.70. The van der Waals surface area contributed by atoms with Crippen molar-refractivity contribution in [3.63, 3.8) is 0 Å². The molecule has 1 N–H and O–H groups in total. The van der Waals surface area contributed by atoms with Crippen LogP contribution in [0, 0.1) is 6.92 Å². The van der Waals surface area contributed by atoms with Crippen LogP contribution in [-0.4, -0.2) is 23.8 Å². The van der Waals surface area contributed by atoms with Gasteiger partial charge in [0, 0.05) is 23.0 Å².